The Morgan fingerprint density at radius 3 is 2.90 bits per heavy atom. The van der Waals surface area contributed by atoms with Gasteiger partial charge < -0.3 is 9.47 Å². The topological polar surface area (TPSA) is 77.7 Å². The molecule has 4 heterocycles. The van der Waals surface area contributed by atoms with Crippen LogP contribution in [-0.2, 0) is 17.7 Å². The molecule has 1 saturated heterocycles. The highest BCUT2D eigenvalue weighted by Crippen LogP contribution is 2.21. The number of fused-ring (bicyclic) bond motifs is 1. The monoisotopic (exact) mass is 416 g/mol. The van der Waals surface area contributed by atoms with Crippen LogP contribution in [0.4, 0.5) is 0 Å². The van der Waals surface area contributed by atoms with Gasteiger partial charge in [0.25, 0.3) is 0 Å². The van der Waals surface area contributed by atoms with Crippen molar-refractivity contribution in [2.24, 2.45) is 5.92 Å². The van der Waals surface area contributed by atoms with Crippen LogP contribution in [0.3, 0.4) is 0 Å². The van der Waals surface area contributed by atoms with Crippen LogP contribution in [0.1, 0.15) is 11.3 Å². The lowest BCUT2D eigenvalue weighted by Crippen LogP contribution is -2.30. The fraction of sp³-hybridized carbons (Fsp3) is 0.304. The quantitative estimate of drug-likeness (QED) is 0.478. The summed E-state index contributed by atoms with van der Waals surface area (Å²) in [6.07, 6.45) is 7.86. The van der Waals surface area contributed by atoms with Crippen molar-refractivity contribution < 1.29 is 9.47 Å². The molecule has 0 aliphatic carbocycles. The Labute approximate surface area is 180 Å². The van der Waals surface area contributed by atoms with E-state index in [0.29, 0.717) is 11.9 Å². The molecule has 0 saturated carbocycles. The normalized spacial score (nSPS) is 17.5. The van der Waals surface area contributed by atoms with Crippen LogP contribution in [0, 0.1) is 5.92 Å². The van der Waals surface area contributed by atoms with Crippen LogP contribution in [0.25, 0.3) is 5.65 Å². The van der Waals surface area contributed by atoms with Gasteiger partial charge >= 0.3 is 6.01 Å². The van der Waals surface area contributed by atoms with Gasteiger partial charge in [0.15, 0.2) is 5.65 Å². The molecule has 31 heavy (non-hydrogen) atoms. The standard InChI is InChI=1S/C23H24N6O2/c1-3-18(14-21(4-1)31-23-25-7-2-8-26-23)15-28-11-12-30-17-19(16-28)13-20-5-6-22-24-9-10-29(22)27-20/h1-10,14,19H,11-13,15-17H2/t19-/m1/s1. The smallest absolute Gasteiger partial charge is 0.321 e. The first-order valence-corrected chi connectivity index (χ1v) is 10.4. The van der Waals surface area contributed by atoms with Gasteiger partial charge in [-0.3, -0.25) is 4.90 Å². The van der Waals surface area contributed by atoms with Gasteiger partial charge in [0, 0.05) is 50.3 Å². The Kier molecular flexibility index (Phi) is 5.81. The Morgan fingerprint density at radius 1 is 1.03 bits per heavy atom. The predicted molar refractivity (Wildman–Crippen MR) is 115 cm³/mol. The molecule has 0 amide bonds. The van der Waals surface area contributed by atoms with Gasteiger partial charge in [0.05, 0.1) is 18.9 Å². The second kappa shape index (κ2) is 9.20. The number of aromatic nitrogens is 5. The Bertz CT molecular complexity index is 1130. The molecule has 3 aromatic heterocycles. The predicted octanol–water partition coefficient (Wildman–Crippen LogP) is 3.00. The molecule has 0 radical (unpaired) electrons. The van der Waals surface area contributed by atoms with E-state index >= 15 is 0 Å². The molecule has 1 aliphatic heterocycles. The molecule has 0 spiro atoms. The largest absolute Gasteiger partial charge is 0.424 e. The number of ether oxygens (including phenoxy) is 2. The number of rotatable bonds is 6. The Hall–Kier alpha value is -3.36. The maximum atomic E-state index is 5.89. The molecule has 1 atom stereocenters. The van der Waals surface area contributed by atoms with E-state index in [-0.39, 0.29) is 0 Å². The molecule has 0 N–H and O–H groups in total. The lowest BCUT2D eigenvalue weighted by molar-refractivity contribution is 0.121. The van der Waals surface area contributed by atoms with Crippen molar-refractivity contribution in [1.82, 2.24) is 29.5 Å². The van der Waals surface area contributed by atoms with Crippen LogP contribution in [-0.4, -0.2) is 55.8 Å². The number of hydrogen-bond donors (Lipinski definition) is 0. The first-order valence-electron chi connectivity index (χ1n) is 10.4. The summed E-state index contributed by atoms with van der Waals surface area (Å²) in [6, 6.07) is 14.3. The summed E-state index contributed by atoms with van der Waals surface area (Å²) >= 11 is 0. The first kappa shape index (κ1) is 19.6. The van der Waals surface area contributed by atoms with E-state index in [4.69, 9.17) is 9.47 Å². The van der Waals surface area contributed by atoms with Gasteiger partial charge in [-0.15, -0.1) is 0 Å². The fourth-order valence-electron chi connectivity index (χ4n) is 3.89. The SMILES string of the molecule is c1cnc(Oc2cccc(CN3CCOC[C@H](Cc4ccc5nccn5n4)C3)c2)nc1. The molecule has 0 bridgehead atoms. The summed E-state index contributed by atoms with van der Waals surface area (Å²) in [6.45, 7) is 4.17. The minimum atomic E-state index is 0.352. The van der Waals surface area contributed by atoms with E-state index in [1.54, 1.807) is 24.7 Å². The zero-order chi connectivity index (χ0) is 20.9. The Morgan fingerprint density at radius 2 is 1.97 bits per heavy atom. The maximum absolute atomic E-state index is 5.89. The lowest BCUT2D eigenvalue weighted by Gasteiger charge is -2.23. The molecule has 5 rings (SSSR count). The van der Waals surface area contributed by atoms with E-state index in [1.165, 1.54) is 5.56 Å². The minimum Gasteiger partial charge on any atom is -0.424 e. The van der Waals surface area contributed by atoms with Gasteiger partial charge in [-0.25, -0.2) is 19.5 Å². The van der Waals surface area contributed by atoms with Crippen molar-refractivity contribution in [2.45, 2.75) is 13.0 Å². The van der Waals surface area contributed by atoms with Crippen LogP contribution >= 0.6 is 0 Å². The summed E-state index contributed by atoms with van der Waals surface area (Å²) < 4.78 is 13.5. The van der Waals surface area contributed by atoms with Crippen molar-refractivity contribution in [1.29, 1.82) is 0 Å². The highest BCUT2D eigenvalue weighted by molar-refractivity contribution is 5.36. The van der Waals surface area contributed by atoms with E-state index in [9.17, 15) is 0 Å². The zero-order valence-corrected chi connectivity index (χ0v) is 17.2. The average molecular weight is 416 g/mol. The highest BCUT2D eigenvalue weighted by Gasteiger charge is 2.20. The van der Waals surface area contributed by atoms with Gasteiger partial charge in [0.1, 0.15) is 5.75 Å². The van der Waals surface area contributed by atoms with Crippen molar-refractivity contribution in [3.8, 4) is 11.8 Å². The maximum Gasteiger partial charge on any atom is 0.321 e. The summed E-state index contributed by atoms with van der Waals surface area (Å²) in [5.74, 6) is 1.12. The number of nitrogens with zero attached hydrogens (tertiary/aromatic N) is 6. The zero-order valence-electron chi connectivity index (χ0n) is 17.2. The number of benzene rings is 1. The fourth-order valence-corrected chi connectivity index (χ4v) is 3.89. The summed E-state index contributed by atoms with van der Waals surface area (Å²) in [5, 5.41) is 4.67. The van der Waals surface area contributed by atoms with Crippen molar-refractivity contribution in [2.75, 3.05) is 26.3 Å². The van der Waals surface area contributed by atoms with Crippen molar-refractivity contribution >= 4 is 5.65 Å². The molecular weight excluding hydrogens is 392 g/mol. The van der Waals surface area contributed by atoms with Gasteiger partial charge in [-0.1, -0.05) is 12.1 Å². The first-order chi connectivity index (χ1) is 15.3. The van der Waals surface area contributed by atoms with E-state index in [0.717, 1.165) is 56.4 Å². The van der Waals surface area contributed by atoms with Crippen molar-refractivity contribution in [3.05, 3.63) is 78.5 Å². The third-order valence-corrected chi connectivity index (χ3v) is 5.29. The minimum absolute atomic E-state index is 0.352. The highest BCUT2D eigenvalue weighted by atomic mass is 16.5. The van der Waals surface area contributed by atoms with Gasteiger partial charge in [0.2, 0.25) is 0 Å². The van der Waals surface area contributed by atoms with Crippen molar-refractivity contribution in [3.63, 3.8) is 0 Å². The molecular formula is C23H24N6O2. The molecule has 1 fully saturated rings. The van der Waals surface area contributed by atoms with Gasteiger partial charge in [-0.2, -0.15) is 5.10 Å². The molecule has 8 nitrogen and oxygen atoms in total. The molecule has 4 aromatic rings. The Balaban J connectivity index is 1.24. The molecule has 158 valence electrons. The van der Waals surface area contributed by atoms with E-state index < -0.39 is 0 Å². The number of hydrogen-bond acceptors (Lipinski definition) is 7. The van der Waals surface area contributed by atoms with Crippen LogP contribution in [0.5, 0.6) is 11.8 Å². The van der Waals surface area contributed by atoms with E-state index in [1.807, 2.05) is 35.0 Å². The van der Waals surface area contributed by atoms with E-state index in [2.05, 4.69) is 37.1 Å². The third-order valence-electron chi connectivity index (χ3n) is 5.29. The summed E-state index contributed by atoms with van der Waals surface area (Å²) in [7, 11) is 0. The van der Waals surface area contributed by atoms with Crippen LogP contribution in [0.15, 0.2) is 67.3 Å². The molecule has 1 aromatic carbocycles. The summed E-state index contributed by atoms with van der Waals surface area (Å²) in [4.78, 5) is 14.9. The molecule has 0 unspecified atom stereocenters. The summed E-state index contributed by atoms with van der Waals surface area (Å²) in [5.41, 5.74) is 3.11. The average Bonchev–Trinajstić information content (AvgIpc) is 3.14. The van der Waals surface area contributed by atoms with Gasteiger partial charge in [-0.05, 0) is 42.3 Å². The third kappa shape index (κ3) is 5.04. The van der Waals surface area contributed by atoms with Crippen LogP contribution in [0.2, 0.25) is 0 Å². The van der Waals surface area contributed by atoms with Crippen LogP contribution < -0.4 is 4.74 Å². The second-order valence-corrected chi connectivity index (χ2v) is 7.72. The lowest BCUT2D eigenvalue weighted by atomic mass is 10.0. The number of imidazole rings is 1. The molecule has 1 aliphatic rings. The second-order valence-electron chi connectivity index (χ2n) is 7.72. The molecule has 8 heteroatoms.